The zero-order chi connectivity index (χ0) is 9.30. The molecule has 0 fully saturated rings. The SMILES string of the molecule is CC(=O)CC1=C(O)C(=O)NC1=O. The third-order valence-corrected chi connectivity index (χ3v) is 1.43. The Balaban J connectivity index is 2.93. The van der Waals surface area contributed by atoms with Crippen molar-refractivity contribution in [3.8, 4) is 0 Å². The number of hydrogen-bond acceptors (Lipinski definition) is 4. The number of nitrogens with one attached hydrogen (secondary N) is 1. The van der Waals surface area contributed by atoms with E-state index in [1.54, 1.807) is 0 Å². The van der Waals surface area contributed by atoms with Gasteiger partial charge in [0.05, 0.1) is 5.57 Å². The molecule has 1 aliphatic rings. The average Bonchev–Trinajstić information content (AvgIpc) is 2.16. The zero-order valence-electron chi connectivity index (χ0n) is 6.38. The number of rotatable bonds is 2. The van der Waals surface area contributed by atoms with E-state index in [4.69, 9.17) is 5.11 Å². The maximum absolute atomic E-state index is 10.8. The third-order valence-electron chi connectivity index (χ3n) is 1.43. The number of carbonyl (C=O) groups is 3. The Morgan fingerprint density at radius 1 is 1.42 bits per heavy atom. The van der Waals surface area contributed by atoms with Crippen LogP contribution < -0.4 is 5.32 Å². The zero-order valence-corrected chi connectivity index (χ0v) is 6.38. The lowest BCUT2D eigenvalue weighted by atomic mass is 10.1. The van der Waals surface area contributed by atoms with E-state index in [2.05, 4.69) is 0 Å². The van der Waals surface area contributed by atoms with E-state index < -0.39 is 17.6 Å². The highest BCUT2D eigenvalue weighted by Crippen LogP contribution is 2.13. The van der Waals surface area contributed by atoms with Crippen molar-refractivity contribution in [2.75, 3.05) is 0 Å². The molecule has 5 nitrogen and oxygen atoms in total. The fourth-order valence-electron chi connectivity index (χ4n) is 0.895. The van der Waals surface area contributed by atoms with Gasteiger partial charge in [-0.05, 0) is 6.92 Å². The van der Waals surface area contributed by atoms with Crippen molar-refractivity contribution in [1.82, 2.24) is 5.32 Å². The first-order valence-corrected chi connectivity index (χ1v) is 3.29. The van der Waals surface area contributed by atoms with Gasteiger partial charge in [-0.25, -0.2) is 0 Å². The van der Waals surface area contributed by atoms with Crippen molar-refractivity contribution in [3.05, 3.63) is 11.3 Å². The van der Waals surface area contributed by atoms with E-state index in [0.29, 0.717) is 0 Å². The Hall–Kier alpha value is -1.65. The van der Waals surface area contributed by atoms with Crippen molar-refractivity contribution >= 4 is 17.6 Å². The molecular formula is C7H7NO4. The third kappa shape index (κ3) is 1.34. The number of aliphatic hydroxyl groups is 1. The fourth-order valence-corrected chi connectivity index (χ4v) is 0.895. The van der Waals surface area contributed by atoms with Crippen molar-refractivity contribution in [1.29, 1.82) is 0 Å². The summed E-state index contributed by atoms with van der Waals surface area (Å²) in [6.45, 7) is 1.27. The largest absolute Gasteiger partial charge is 0.503 e. The highest BCUT2D eigenvalue weighted by atomic mass is 16.3. The van der Waals surface area contributed by atoms with E-state index in [-0.39, 0.29) is 17.8 Å². The van der Waals surface area contributed by atoms with Gasteiger partial charge >= 0.3 is 0 Å². The van der Waals surface area contributed by atoms with E-state index >= 15 is 0 Å². The van der Waals surface area contributed by atoms with Crippen LogP contribution in [0, 0.1) is 0 Å². The van der Waals surface area contributed by atoms with E-state index in [9.17, 15) is 14.4 Å². The molecule has 1 heterocycles. The molecule has 0 bridgehead atoms. The molecule has 0 saturated carbocycles. The van der Waals surface area contributed by atoms with Gasteiger partial charge in [0.25, 0.3) is 11.8 Å². The molecule has 2 N–H and O–H groups in total. The lowest BCUT2D eigenvalue weighted by Crippen LogP contribution is -2.23. The van der Waals surface area contributed by atoms with Crippen LogP contribution in [0.4, 0.5) is 0 Å². The van der Waals surface area contributed by atoms with Crippen LogP contribution in [0.25, 0.3) is 0 Å². The number of aliphatic hydroxyl groups excluding tert-OH is 1. The quantitative estimate of drug-likeness (QED) is 0.542. The molecule has 2 amide bonds. The van der Waals surface area contributed by atoms with Crippen LogP contribution >= 0.6 is 0 Å². The predicted octanol–water partition coefficient (Wildman–Crippen LogP) is -0.566. The first-order valence-electron chi connectivity index (χ1n) is 3.29. The van der Waals surface area contributed by atoms with Crippen molar-refractivity contribution in [2.24, 2.45) is 0 Å². The maximum Gasteiger partial charge on any atom is 0.293 e. The van der Waals surface area contributed by atoms with E-state index in [1.807, 2.05) is 5.32 Å². The number of carbonyl (C=O) groups excluding carboxylic acids is 3. The topological polar surface area (TPSA) is 83.5 Å². The van der Waals surface area contributed by atoms with E-state index in [1.165, 1.54) is 6.92 Å². The molecule has 0 spiro atoms. The summed E-state index contributed by atoms with van der Waals surface area (Å²) < 4.78 is 0. The molecule has 0 aromatic carbocycles. The van der Waals surface area contributed by atoms with Crippen molar-refractivity contribution in [3.63, 3.8) is 0 Å². The first kappa shape index (κ1) is 8.45. The number of Topliss-reactive ketones (excluding diaryl/α,β-unsaturated/α-hetero) is 1. The van der Waals surface area contributed by atoms with Crippen LogP contribution in [-0.2, 0) is 14.4 Å². The average molecular weight is 169 g/mol. The fraction of sp³-hybridized carbons (Fsp3) is 0.286. The minimum Gasteiger partial charge on any atom is -0.503 e. The molecule has 64 valence electrons. The molecule has 0 aromatic heterocycles. The Kier molecular flexibility index (Phi) is 1.95. The Morgan fingerprint density at radius 2 is 2.00 bits per heavy atom. The van der Waals surface area contributed by atoms with Gasteiger partial charge in [-0.15, -0.1) is 0 Å². The maximum atomic E-state index is 10.8. The second kappa shape index (κ2) is 2.77. The summed E-state index contributed by atoms with van der Waals surface area (Å²) in [6.07, 6.45) is -0.205. The minimum atomic E-state index is -0.837. The van der Waals surface area contributed by atoms with Gasteiger partial charge < -0.3 is 5.11 Å². The first-order chi connectivity index (χ1) is 5.52. The number of ketones is 1. The molecule has 0 aromatic rings. The van der Waals surface area contributed by atoms with Crippen molar-refractivity contribution < 1.29 is 19.5 Å². The number of imide groups is 1. The highest BCUT2D eigenvalue weighted by Gasteiger charge is 2.30. The molecule has 5 heteroatoms. The summed E-state index contributed by atoms with van der Waals surface area (Å²) in [5, 5.41) is 10.8. The summed E-state index contributed by atoms with van der Waals surface area (Å²) in [5.41, 5.74) is -0.146. The van der Waals surface area contributed by atoms with Gasteiger partial charge in [0.2, 0.25) is 0 Å². The second-order valence-electron chi connectivity index (χ2n) is 2.49. The van der Waals surface area contributed by atoms with E-state index in [0.717, 1.165) is 0 Å². The molecule has 1 rings (SSSR count). The van der Waals surface area contributed by atoms with Crippen LogP contribution in [0.1, 0.15) is 13.3 Å². The summed E-state index contributed by atoms with van der Waals surface area (Å²) in [5.74, 6) is -2.44. The Bertz CT molecular complexity index is 303. The summed E-state index contributed by atoms with van der Waals surface area (Å²) in [4.78, 5) is 32.0. The Morgan fingerprint density at radius 3 is 2.33 bits per heavy atom. The molecule has 0 aliphatic carbocycles. The van der Waals surface area contributed by atoms with Gasteiger partial charge in [0.1, 0.15) is 5.78 Å². The summed E-state index contributed by atoms with van der Waals surface area (Å²) in [6, 6.07) is 0. The molecule has 12 heavy (non-hydrogen) atoms. The smallest absolute Gasteiger partial charge is 0.293 e. The minimum absolute atomic E-state index is 0.146. The predicted molar refractivity (Wildman–Crippen MR) is 38.1 cm³/mol. The van der Waals surface area contributed by atoms with Crippen LogP contribution in [-0.4, -0.2) is 22.7 Å². The normalized spacial score (nSPS) is 16.8. The van der Waals surface area contributed by atoms with Crippen LogP contribution in [0.15, 0.2) is 11.3 Å². The summed E-state index contributed by atoms with van der Waals surface area (Å²) >= 11 is 0. The molecule has 0 saturated heterocycles. The van der Waals surface area contributed by atoms with Gasteiger partial charge in [-0.1, -0.05) is 0 Å². The number of hydrogen-bond donors (Lipinski definition) is 2. The van der Waals surface area contributed by atoms with Crippen LogP contribution in [0.3, 0.4) is 0 Å². The van der Waals surface area contributed by atoms with Gasteiger partial charge in [-0.3, -0.25) is 19.7 Å². The lowest BCUT2D eigenvalue weighted by Gasteiger charge is -1.93. The highest BCUT2D eigenvalue weighted by molar-refractivity contribution is 6.19. The van der Waals surface area contributed by atoms with Crippen LogP contribution in [0.2, 0.25) is 0 Å². The van der Waals surface area contributed by atoms with Gasteiger partial charge in [-0.2, -0.15) is 0 Å². The monoisotopic (exact) mass is 169 g/mol. The molecule has 0 unspecified atom stereocenters. The van der Waals surface area contributed by atoms with Crippen molar-refractivity contribution in [2.45, 2.75) is 13.3 Å². The Labute approximate surface area is 68.1 Å². The molecular weight excluding hydrogens is 162 g/mol. The summed E-state index contributed by atoms with van der Waals surface area (Å²) in [7, 11) is 0. The lowest BCUT2D eigenvalue weighted by molar-refractivity contribution is -0.125. The second-order valence-corrected chi connectivity index (χ2v) is 2.49. The number of amides is 2. The standard InChI is InChI=1S/C7H7NO4/c1-3(9)2-4-5(10)7(12)8-6(4)11/h2H2,1H3,(H2,8,10,11,12). The van der Waals surface area contributed by atoms with Gasteiger partial charge in [0.15, 0.2) is 5.76 Å². The van der Waals surface area contributed by atoms with Crippen LogP contribution in [0.5, 0.6) is 0 Å². The molecule has 0 atom stereocenters. The molecule has 0 radical (unpaired) electrons. The van der Waals surface area contributed by atoms with Gasteiger partial charge in [0, 0.05) is 6.42 Å². The molecule has 1 aliphatic heterocycles.